The molecule has 0 radical (unpaired) electrons. The molecule has 0 aromatic heterocycles. The van der Waals surface area contributed by atoms with Gasteiger partial charge in [0.15, 0.2) is 0 Å². The predicted octanol–water partition coefficient (Wildman–Crippen LogP) is 2.13. The van der Waals surface area contributed by atoms with Gasteiger partial charge in [0, 0.05) is 6.04 Å². The topological polar surface area (TPSA) is 3.24 Å². The Morgan fingerprint density at radius 2 is 2.10 bits per heavy atom. The second-order valence-corrected chi connectivity index (χ2v) is 3.37. The van der Waals surface area contributed by atoms with Crippen LogP contribution in [0.5, 0.6) is 0 Å². The Kier molecular flexibility index (Phi) is 2.72. The molecule has 60 valence electrons. The van der Waals surface area contributed by atoms with Crippen molar-refractivity contribution >= 4 is 0 Å². The Morgan fingerprint density at radius 3 is 2.50 bits per heavy atom. The van der Waals surface area contributed by atoms with Crippen molar-refractivity contribution in [3.05, 3.63) is 0 Å². The molecule has 10 heavy (non-hydrogen) atoms. The first-order valence-corrected chi connectivity index (χ1v) is 4.53. The first-order chi connectivity index (χ1) is 4.79. The molecule has 1 heteroatoms. The fourth-order valence-corrected chi connectivity index (χ4v) is 2.14. The largest absolute Gasteiger partial charge is 0.300 e. The van der Waals surface area contributed by atoms with Crippen molar-refractivity contribution in [3.63, 3.8) is 0 Å². The molecular weight excluding hydrogens is 122 g/mol. The summed E-state index contributed by atoms with van der Waals surface area (Å²) in [5, 5.41) is 0. The van der Waals surface area contributed by atoms with Gasteiger partial charge in [-0.3, -0.25) is 0 Å². The van der Waals surface area contributed by atoms with Crippen molar-refractivity contribution in [3.8, 4) is 0 Å². The van der Waals surface area contributed by atoms with Gasteiger partial charge in [0.1, 0.15) is 0 Å². The lowest BCUT2D eigenvalue weighted by molar-refractivity contribution is 0.236. The molecule has 0 aliphatic carbocycles. The first kappa shape index (κ1) is 8.06. The quantitative estimate of drug-likeness (QED) is 0.569. The zero-order valence-electron chi connectivity index (χ0n) is 7.43. The van der Waals surface area contributed by atoms with Gasteiger partial charge in [-0.2, -0.15) is 0 Å². The Hall–Kier alpha value is -0.0400. The van der Waals surface area contributed by atoms with E-state index in [4.69, 9.17) is 0 Å². The van der Waals surface area contributed by atoms with Gasteiger partial charge in [0.25, 0.3) is 0 Å². The number of hydrogen-bond acceptors (Lipinski definition) is 1. The lowest BCUT2D eigenvalue weighted by Gasteiger charge is -2.23. The molecule has 1 saturated heterocycles. The summed E-state index contributed by atoms with van der Waals surface area (Å²) in [5.41, 5.74) is 0. The van der Waals surface area contributed by atoms with Gasteiger partial charge < -0.3 is 4.90 Å². The Labute approximate surface area is 64.4 Å². The van der Waals surface area contributed by atoms with Crippen molar-refractivity contribution in [2.24, 2.45) is 5.92 Å². The summed E-state index contributed by atoms with van der Waals surface area (Å²) in [5.74, 6) is 0.935. The second-order valence-electron chi connectivity index (χ2n) is 3.37. The average Bonchev–Trinajstić information content (AvgIpc) is 2.30. The molecule has 1 aliphatic heterocycles. The lowest BCUT2D eigenvalue weighted by atomic mass is 10.0. The van der Waals surface area contributed by atoms with E-state index < -0.39 is 0 Å². The average molecular weight is 141 g/mol. The van der Waals surface area contributed by atoms with Crippen LogP contribution in [0.3, 0.4) is 0 Å². The molecule has 1 nitrogen and oxygen atoms in total. The van der Waals surface area contributed by atoms with E-state index in [1.54, 1.807) is 0 Å². The van der Waals surface area contributed by atoms with Crippen LogP contribution in [0.1, 0.15) is 33.6 Å². The molecule has 1 aliphatic rings. The van der Waals surface area contributed by atoms with Gasteiger partial charge >= 0.3 is 0 Å². The fourth-order valence-electron chi connectivity index (χ4n) is 2.14. The van der Waals surface area contributed by atoms with Crippen LogP contribution in [0.15, 0.2) is 0 Å². The first-order valence-electron chi connectivity index (χ1n) is 4.53. The van der Waals surface area contributed by atoms with Crippen molar-refractivity contribution in [2.75, 3.05) is 13.1 Å². The van der Waals surface area contributed by atoms with Gasteiger partial charge in [-0.25, -0.2) is 0 Å². The minimum atomic E-state index is 0.880. The van der Waals surface area contributed by atoms with Crippen LogP contribution in [-0.4, -0.2) is 24.0 Å². The van der Waals surface area contributed by atoms with Gasteiger partial charge in [0.05, 0.1) is 0 Å². The molecule has 0 amide bonds. The Bertz CT molecular complexity index is 101. The summed E-state index contributed by atoms with van der Waals surface area (Å²) in [6.07, 6.45) is 2.74. The normalized spacial score (nSPS) is 35.1. The number of nitrogens with zero attached hydrogens (tertiary/aromatic N) is 1. The van der Waals surface area contributed by atoms with E-state index in [9.17, 15) is 0 Å². The van der Waals surface area contributed by atoms with E-state index in [1.807, 2.05) is 0 Å². The van der Waals surface area contributed by atoms with Crippen LogP contribution in [0.2, 0.25) is 0 Å². The maximum absolute atomic E-state index is 2.60. The molecule has 0 spiro atoms. The predicted molar refractivity (Wildman–Crippen MR) is 45.1 cm³/mol. The van der Waals surface area contributed by atoms with Crippen molar-refractivity contribution in [1.82, 2.24) is 4.90 Å². The highest BCUT2D eigenvalue weighted by Gasteiger charge is 2.27. The smallest absolute Gasteiger partial charge is 0.0119 e. The molecule has 1 rings (SSSR count). The zero-order chi connectivity index (χ0) is 7.56. The molecular formula is C9H19N. The maximum Gasteiger partial charge on any atom is 0.0119 e. The summed E-state index contributed by atoms with van der Waals surface area (Å²) in [4.78, 5) is 2.60. The van der Waals surface area contributed by atoms with Crippen LogP contribution in [0, 0.1) is 5.92 Å². The number of hydrogen-bond donors (Lipinski definition) is 0. The van der Waals surface area contributed by atoms with Crippen LogP contribution >= 0.6 is 0 Å². The fraction of sp³-hybridized carbons (Fsp3) is 1.00. The van der Waals surface area contributed by atoms with Gasteiger partial charge in [0.2, 0.25) is 0 Å². The molecule has 0 saturated carbocycles. The SMILES string of the molecule is CCC1C(C)CCN1CC. The van der Waals surface area contributed by atoms with Crippen LogP contribution in [0.4, 0.5) is 0 Å². The molecule has 1 fully saturated rings. The van der Waals surface area contributed by atoms with Gasteiger partial charge in [-0.05, 0) is 31.8 Å². The monoisotopic (exact) mass is 141 g/mol. The van der Waals surface area contributed by atoms with Crippen LogP contribution in [0.25, 0.3) is 0 Å². The highest BCUT2D eigenvalue weighted by atomic mass is 15.2. The zero-order valence-corrected chi connectivity index (χ0v) is 7.43. The van der Waals surface area contributed by atoms with Crippen molar-refractivity contribution < 1.29 is 0 Å². The van der Waals surface area contributed by atoms with Crippen LogP contribution < -0.4 is 0 Å². The van der Waals surface area contributed by atoms with Crippen LogP contribution in [-0.2, 0) is 0 Å². The van der Waals surface area contributed by atoms with Gasteiger partial charge in [-0.1, -0.05) is 20.8 Å². The van der Waals surface area contributed by atoms with E-state index in [0.29, 0.717) is 0 Å². The van der Waals surface area contributed by atoms with E-state index >= 15 is 0 Å². The van der Waals surface area contributed by atoms with Crippen molar-refractivity contribution in [2.45, 2.75) is 39.7 Å². The third-order valence-corrected chi connectivity index (χ3v) is 2.82. The van der Waals surface area contributed by atoms with Gasteiger partial charge in [-0.15, -0.1) is 0 Å². The molecule has 2 atom stereocenters. The third kappa shape index (κ3) is 1.34. The summed E-state index contributed by atoms with van der Waals surface area (Å²) >= 11 is 0. The van der Waals surface area contributed by atoms with E-state index in [1.165, 1.54) is 25.9 Å². The molecule has 1 heterocycles. The minimum Gasteiger partial charge on any atom is -0.300 e. The Balaban J connectivity index is 2.45. The number of rotatable bonds is 2. The standard InChI is InChI=1S/C9H19N/c1-4-9-8(3)6-7-10(9)5-2/h8-9H,4-7H2,1-3H3. The molecule has 2 unspecified atom stereocenters. The van der Waals surface area contributed by atoms with E-state index in [-0.39, 0.29) is 0 Å². The minimum absolute atomic E-state index is 0.880. The molecule has 0 bridgehead atoms. The summed E-state index contributed by atoms with van der Waals surface area (Å²) in [6, 6.07) is 0.880. The molecule has 0 N–H and O–H groups in total. The summed E-state index contributed by atoms with van der Waals surface area (Å²) < 4.78 is 0. The highest BCUT2D eigenvalue weighted by Crippen LogP contribution is 2.25. The lowest BCUT2D eigenvalue weighted by Crippen LogP contribution is -2.31. The number of likely N-dealkylation sites (tertiary alicyclic amines) is 1. The second kappa shape index (κ2) is 3.38. The highest BCUT2D eigenvalue weighted by molar-refractivity contribution is 4.82. The Morgan fingerprint density at radius 1 is 1.40 bits per heavy atom. The summed E-state index contributed by atoms with van der Waals surface area (Å²) in [7, 11) is 0. The van der Waals surface area contributed by atoms with E-state index in [2.05, 4.69) is 25.7 Å². The molecule has 0 aromatic carbocycles. The summed E-state index contributed by atoms with van der Waals surface area (Å²) in [6.45, 7) is 9.51. The third-order valence-electron chi connectivity index (χ3n) is 2.82. The van der Waals surface area contributed by atoms with Crippen molar-refractivity contribution in [1.29, 1.82) is 0 Å². The maximum atomic E-state index is 2.60. The molecule has 0 aromatic rings. The van der Waals surface area contributed by atoms with E-state index in [0.717, 1.165) is 12.0 Å².